The van der Waals surface area contributed by atoms with Crippen molar-refractivity contribution in [2.45, 2.75) is 13.0 Å². The minimum atomic E-state index is -0.774. The lowest BCUT2D eigenvalue weighted by molar-refractivity contribution is -0.384. The van der Waals surface area contributed by atoms with Crippen LogP contribution in [0.1, 0.15) is 33.3 Å². The summed E-state index contributed by atoms with van der Waals surface area (Å²) in [4.78, 5) is 35.7. The highest BCUT2D eigenvalue weighted by molar-refractivity contribution is 5.99. The average Bonchev–Trinajstić information content (AvgIpc) is 2.93. The van der Waals surface area contributed by atoms with E-state index in [1.807, 2.05) is 6.92 Å². The Labute approximate surface area is 141 Å². The molecule has 0 bridgehead atoms. The Morgan fingerprint density at radius 2 is 1.96 bits per heavy atom. The maximum Gasteiger partial charge on any atom is 0.288 e. The van der Waals surface area contributed by atoms with E-state index >= 15 is 0 Å². The molecule has 0 saturated carbocycles. The van der Waals surface area contributed by atoms with Crippen LogP contribution in [0.2, 0.25) is 0 Å². The van der Waals surface area contributed by atoms with Crippen molar-refractivity contribution in [3.05, 3.63) is 85.3 Å². The van der Waals surface area contributed by atoms with Crippen LogP contribution in [-0.2, 0) is 0 Å². The Kier molecular flexibility index (Phi) is 3.18. The lowest BCUT2D eigenvalue weighted by Gasteiger charge is -2.11. The SMILES string of the molecule is Cc1ccc2oc3c(c(=O)c2c1)C(c1cccc([N+](=O)[O-])c1)NC3=O. The zero-order valence-corrected chi connectivity index (χ0v) is 13.1. The first-order valence-electron chi connectivity index (χ1n) is 7.58. The molecule has 0 spiro atoms. The second kappa shape index (κ2) is 5.27. The fourth-order valence-corrected chi connectivity index (χ4v) is 3.09. The third-order valence-electron chi connectivity index (χ3n) is 4.27. The number of rotatable bonds is 2. The summed E-state index contributed by atoms with van der Waals surface area (Å²) in [5, 5.41) is 14.1. The van der Waals surface area contributed by atoms with E-state index in [1.165, 1.54) is 18.2 Å². The number of nitro benzene ring substituents is 1. The van der Waals surface area contributed by atoms with Gasteiger partial charge in [0.15, 0.2) is 5.43 Å². The number of non-ortho nitro benzene ring substituents is 1. The minimum absolute atomic E-state index is 0.0436. The summed E-state index contributed by atoms with van der Waals surface area (Å²) in [6.07, 6.45) is 0. The number of fused-ring (bicyclic) bond motifs is 2. The van der Waals surface area contributed by atoms with Gasteiger partial charge in [-0.05, 0) is 24.6 Å². The van der Waals surface area contributed by atoms with E-state index < -0.39 is 16.9 Å². The van der Waals surface area contributed by atoms with Crippen molar-refractivity contribution in [3.63, 3.8) is 0 Å². The molecule has 1 amide bonds. The molecule has 1 aromatic heterocycles. The molecule has 0 aliphatic carbocycles. The van der Waals surface area contributed by atoms with Crippen LogP contribution in [0.4, 0.5) is 5.69 Å². The zero-order chi connectivity index (χ0) is 17.7. The van der Waals surface area contributed by atoms with Crippen LogP contribution in [-0.4, -0.2) is 10.8 Å². The molecule has 0 fully saturated rings. The Balaban J connectivity index is 1.97. The summed E-state index contributed by atoms with van der Waals surface area (Å²) >= 11 is 0. The monoisotopic (exact) mass is 336 g/mol. The number of hydrogen-bond acceptors (Lipinski definition) is 5. The Morgan fingerprint density at radius 3 is 2.72 bits per heavy atom. The quantitative estimate of drug-likeness (QED) is 0.572. The number of carbonyl (C=O) groups excluding carboxylic acids is 1. The summed E-state index contributed by atoms with van der Waals surface area (Å²) in [5.74, 6) is -0.552. The van der Waals surface area contributed by atoms with Crippen LogP contribution >= 0.6 is 0 Å². The number of amides is 1. The Morgan fingerprint density at radius 1 is 1.16 bits per heavy atom. The van der Waals surface area contributed by atoms with Crippen LogP contribution < -0.4 is 10.7 Å². The molecular formula is C18H12N2O5. The van der Waals surface area contributed by atoms with Crippen molar-refractivity contribution in [3.8, 4) is 0 Å². The predicted octanol–water partition coefficient (Wildman–Crippen LogP) is 2.84. The summed E-state index contributed by atoms with van der Waals surface area (Å²) < 4.78 is 5.64. The molecule has 0 radical (unpaired) electrons. The Bertz CT molecular complexity index is 1120. The van der Waals surface area contributed by atoms with Crippen LogP contribution in [0.5, 0.6) is 0 Å². The molecule has 4 rings (SSSR count). The summed E-state index contributed by atoms with van der Waals surface area (Å²) in [6, 6.07) is 10.2. The second-order valence-electron chi connectivity index (χ2n) is 5.93. The van der Waals surface area contributed by atoms with Crippen molar-refractivity contribution in [2.24, 2.45) is 0 Å². The van der Waals surface area contributed by atoms with Gasteiger partial charge in [0.1, 0.15) is 5.58 Å². The van der Waals surface area contributed by atoms with Gasteiger partial charge in [-0.25, -0.2) is 0 Å². The third kappa shape index (κ3) is 2.28. The average molecular weight is 336 g/mol. The molecule has 0 saturated heterocycles. The largest absolute Gasteiger partial charge is 0.450 e. The van der Waals surface area contributed by atoms with Crippen LogP contribution in [0.25, 0.3) is 11.0 Å². The molecule has 2 aromatic carbocycles. The number of hydrogen-bond donors (Lipinski definition) is 1. The van der Waals surface area contributed by atoms with E-state index in [9.17, 15) is 19.7 Å². The van der Waals surface area contributed by atoms with Gasteiger partial charge >= 0.3 is 0 Å². The van der Waals surface area contributed by atoms with Gasteiger partial charge in [-0.2, -0.15) is 0 Å². The molecule has 7 heteroatoms. The smallest absolute Gasteiger partial charge is 0.288 e. The first-order chi connectivity index (χ1) is 12.0. The second-order valence-corrected chi connectivity index (χ2v) is 5.93. The highest BCUT2D eigenvalue weighted by Crippen LogP contribution is 2.32. The highest BCUT2D eigenvalue weighted by atomic mass is 16.6. The van der Waals surface area contributed by atoms with Crippen molar-refractivity contribution < 1.29 is 14.1 Å². The number of aryl methyl sites for hydroxylation is 1. The Hall–Kier alpha value is -3.48. The first-order valence-corrected chi connectivity index (χ1v) is 7.58. The molecule has 7 nitrogen and oxygen atoms in total. The van der Waals surface area contributed by atoms with Crippen LogP contribution in [0.15, 0.2) is 51.7 Å². The summed E-state index contributed by atoms with van der Waals surface area (Å²) in [5.41, 5.74) is 1.45. The molecule has 124 valence electrons. The molecule has 1 aliphatic rings. The molecule has 1 aliphatic heterocycles. The lowest BCUT2D eigenvalue weighted by atomic mass is 9.98. The van der Waals surface area contributed by atoms with Crippen molar-refractivity contribution in [1.82, 2.24) is 5.32 Å². The van der Waals surface area contributed by atoms with Gasteiger partial charge in [0.25, 0.3) is 11.6 Å². The lowest BCUT2D eigenvalue weighted by Crippen LogP contribution is -2.22. The van der Waals surface area contributed by atoms with Gasteiger partial charge in [-0.3, -0.25) is 19.7 Å². The van der Waals surface area contributed by atoms with Gasteiger partial charge < -0.3 is 9.73 Å². The summed E-state index contributed by atoms with van der Waals surface area (Å²) in [7, 11) is 0. The third-order valence-corrected chi connectivity index (χ3v) is 4.27. The predicted molar refractivity (Wildman–Crippen MR) is 89.6 cm³/mol. The number of nitrogens with zero attached hydrogens (tertiary/aromatic N) is 1. The summed E-state index contributed by atoms with van der Waals surface area (Å²) in [6.45, 7) is 1.85. The van der Waals surface area contributed by atoms with E-state index in [1.54, 1.807) is 24.3 Å². The van der Waals surface area contributed by atoms with E-state index in [2.05, 4.69) is 5.32 Å². The molecule has 25 heavy (non-hydrogen) atoms. The van der Waals surface area contributed by atoms with E-state index in [4.69, 9.17) is 4.42 Å². The molecular weight excluding hydrogens is 324 g/mol. The normalized spacial score (nSPS) is 15.9. The van der Waals surface area contributed by atoms with Crippen molar-refractivity contribution >= 4 is 22.6 Å². The standard InChI is InChI=1S/C18H12N2O5/c1-9-5-6-13-12(7-9)16(21)14-15(19-18(22)17(14)25-13)10-3-2-4-11(8-10)20(23)24/h2-8,15H,1H3,(H,19,22). The van der Waals surface area contributed by atoms with Crippen LogP contribution in [0, 0.1) is 17.0 Å². The van der Waals surface area contributed by atoms with Crippen LogP contribution in [0.3, 0.4) is 0 Å². The number of nitrogens with one attached hydrogen (secondary N) is 1. The molecule has 1 atom stereocenters. The first kappa shape index (κ1) is 15.1. The zero-order valence-electron chi connectivity index (χ0n) is 13.1. The number of carbonyl (C=O) groups is 1. The van der Waals surface area contributed by atoms with Gasteiger partial charge in [0.05, 0.1) is 21.9 Å². The molecule has 1 N–H and O–H groups in total. The minimum Gasteiger partial charge on any atom is -0.450 e. The van der Waals surface area contributed by atoms with E-state index in [0.717, 1.165) is 5.56 Å². The van der Waals surface area contributed by atoms with Gasteiger partial charge in [0, 0.05) is 12.1 Å². The van der Waals surface area contributed by atoms with Crippen molar-refractivity contribution in [1.29, 1.82) is 0 Å². The molecule has 3 aromatic rings. The fourth-order valence-electron chi connectivity index (χ4n) is 3.09. The van der Waals surface area contributed by atoms with E-state index in [-0.39, 0.29) is 22.4 Å². The molecule has 2 heterocycles. The highest BCUT2D eigenvalue weighted by Gasteiger charge is 2.36. The van der Waals surface area contributed by atoms with Gasteiger partial charge in [0.2, 0.25) is 5.76 Å². The van der Waals surface area contributed by atoms with E-state index in [0.29, 0.717) is 16.5 Å². The molecule has 1 unspecified atom stereocenters. The topological polar surface area (TPSA) is 102 Å². The van der Waals surface area contributed by atoms with Gasteiger partial charge in [-0.1, -0.05) is 23.8 Å². The maximum absolute atomic E-state index is 12.9. The maximum atomic E-state index is 12.9. The fraction of sp³-hybridized carbons (Fsp3) is 0.111. The number of benzene rings is 2. The number of nitro groups is 1. The van der Waals surface area contributed by atoms with Crippen molar-refractivity contribution in [2.75, 3.05) is 0 Å². The van der Waals surface area contributed by atoms with Gasteiger partial charge in [-0.15, -0.1) is 0 Å².